The second kappa shape index (κ2) is 11.8. The van der Waals surface area contributed by atoms with Crippen LogP contribution >= 0.6 is 0 Å². The number of rotatable bonds is 4. The maximum atomic E-state index is 2.64. The molecule has 0 amide bonds. The lowest BCUT2D eigenvalue weighted by Gasteiger charge is -2.39. The first-order valence-electron chi connectivity index (χ1n) is 19.8. The molecule has 0 saturated heterocycles. The van der Waals surface area contributed by atoms with Gasteiger partial charge in [-0.15, -0.1) is 0 Å². The van der Waals surface area contributed by atoms with Crippen LogP contribution in [0.2, 0.25) is 0 Å². The van der Waals surface area contributed by atoms with Crippen LogP contribution in [0.25, 0.3) is 54.9 Å². The van der Waals surface area contributed by atoms with Gasteiger partial charge in [-0.05, 0) is 107 Å². The molecule has 2 aliphatic carbocycles. The Bertz CT molecular complexity index is 2750. The van der Waals surface area contributed by atoms with E-state index in [2.05, 4.69) is 211 Å². The van der Waals surface area contributed by atoms with Crippen LogP contribution in [0.4, 0.5) is 17.1 Å². The maximum Gasteiger partial charge on any atom is 0.0556 e. The molecule has 0 saturated carbocycles. The van der Waals surface area contributed by atoms with E-state index < -0.39 is 0 Å². The Balaban J connectivity index is 1.35. The predicted octanol–water partition coefficient (Wildman–Crippen LogP) is 15.0. The Hall–Kier alpha value is -5.92. The number of hydrogen-bond acceptors (Lipinski definition) is 1. The molecule has 8 aromatic rings. The van der Waals surface area contributed by atoms with Crippen LogP contribution in [0.15, 0.2) is 158 Å². The first-order chi connectivity index (χ1) is 26.5. The Morgan fingerprint density at radius 2 is 0.964 bits per heavy atom. The van der Waals surface area contributed by atoms with Crippen molar-refractivity contribution in [1.82, 2.24) is 0 Å². The van der Waals surface area contributed by atoms with Gasteiger partial charge in [0.15, 0.2) is 0 Å². The molecule has 2 aliphatic rings. The van der Waals surface area contributed by atoms with Crippen LogP contribution in [0.5, 0.6) is 0 Å². The molecule has 10 rings (SSSR count). The zero-order valence-electron chi connectivity index (χ0n) is 33.0. The second-order valence-electron chi connectivity index (χ2n) is 17.8. The zero-order valence-corrected chi connectivity index (χ0v) is 33.0. The van der Waals surface area contributed by atoms with Gasteiger partial charge in [0.05, 0.1) is 11.4 Å². The van der Waals surface area contributed by atoms with Gasteiger partial charge in [0.25, 0.3) is 0 Å². The summed E-state index contributed by atoms with van der Waals surface area (Å²) in [7, 11) is 0. The normalized spacial score (nSPS) is 14.7. The summed E-state index contributed by atoms with van der Waals surface area (Å²) in [5.74, 6) is 0. The van der Waals surface area contributed by atoms with Crippen LogP contribution < -0.4 is 4.90 Å². The third-order valence-corrected chi connectivity index (χ3v) is 12.7. The monoisotopic (exact) mass is 709 g/mol. The van der Waals surface area contributed by atoms with Gasteiger partial charge in [0.1, 0.15) is 0 Å². The Morgan fingerprint density at radius 1 is 0.455 bits per heavy atom. The Kier molecular flexibility index (Phi) is 7.21. The quantitative estimate of drug-likeness (QED) is 0.176. The first kappa shape index (κ1) is 33.6. The molecule has 0 heterocycles. The summed E-state index contributed by atoms with van der Waals surface area (Å²) >= 11 is 0. The van der Waals surface area contributed by atoms with Gasteiger partial charge in [0, 0.05) is 21.9 Å². The molecule has 0 atom stereocenters. The van der Waals surface area contributed by atoms with Crippen molar-refractivity contribution in [2.75, 3.05) is 4.90 Å². The van der Waals surface area contributed by atoms with E-state index in [0.29, 0.717) is 0 Å². The van der Waals surface area contributed by atoms with Crippen LogP contribution in [-0.4, -0.2) is 0 Å². The van der Waals surface area contributed by atoms with Crippen molar-refractivity contribution in [3.63, 3.8) is 0 Å². The Labute approximate surface area is 325 Å². The van der Waals surface area contributed by atoms with Gasteiger partial charge < -0.3 is 4.90 Å². The summed E-state index contributed by atoms with van der Waals surface area (Å²) in [6.45, 7) is 17.1. The summed E-state index contributed by atoms with van der Waals surface area (Å²) in [5, 5.41) is 5.00. The van der Waals surface area contributed by atoms with Crippen molar-refractivity contribution in [3.05, 3.63) is 186 Å². The molecule has 0 unspecified atom stereocenters. The number of nitrogens with zero attached hydrogens (tertiary/aromatic N) is 1. The van der Waals surface area contributed by atoms with Crippen molar-refractivity contribution < 1.29 is 0 Å². The lowest BCUT2D eigenvalue weighted by molar-refractivity contribution is 0.587. The van der Waals surface area contributed by atoms with Crippen LogP contribution in [0.3, 0.4) is 0 Å². The largest absolute Gasteiger partial charge is 0.309 e. The lowest BCUT2D eigenvalue weighted by Crippen LogP contribution is -2.27. The highest BCUT2D eigenvalue weighted by atomic mass is 15.2. The smallest absolute Gasteiger partial charge is 0.0556 e. The fraction of sp³-hybridized carbons (Fsp3) is 0.185. The summed E-state index contributed by atoms with van der Waals surface area (Å²) in [5.41, 5.74) is 18.1. The molecule has 55 heavy (non-hydrogen) atoms. The molecule has 0 N–H and O–H groups in total. The molecule has 8 aromatic carbocycles. The highest BCUT2D eigenvalue weighted by Crippen LogP contribution is 2.65. The van der Waals surface area contributed by atoms with E-state index in [1.807, 2.05) is 0 Å². The van der Waals surface area contributed by atoms with Crippen LogP contribution in [0.1, 0.15) is 76.3 Å². The fourth-order valence-electron chi connectivity index (χ4n) is 10.2. The SMILES string of the molecule is CC(C)(C)c1c2c(c(N(c3ccc(-c4ccc5ccccc5c4)cc3)c3cccc4ccccc34)c3c1-c1ccccc1C3(C)C)C(C)(C)c1ccccc1-2. The van der Waals surface area contributed by atoms with Crippen LogP contribution in [-0.2, 0) is 16.2 Å². The van der Waals surface area contributed by atoms with Gasteiger partial charge in [0.2, 0.25) is 0 Å². The molecule has 0 aliphatic heterocycles. The topological polar surface area (TPSA) is 3.24 Å². The molecule has 0 aromatic heterocycles. The third-order valence-electron chi connectivity index (χ3n) is 12.7. The molecule has 0 spiro atoms. The maximum absolute atomic E-state index is 2.64. The number of benzene rings is 8. The van der Waals surface area contributed by atoms with Crippen molar-refractivity contribution in [2.24, 2.45) is 0 Å². The molecule has 268 valence electrons. The minimum Gasteiger partial charge on any atom is -0.309 e. The highest BCUT2D eigenvalue weighted by molar-refractivity contribution is 6.06. The molecule has 0 fully saturated rings. The van der Waals surface area contributed by atoms with Crippen molar-refractivity contribution in [3.8, 4) is 33.4 Å². The summed E-state index contributed by atoms with van der Waals surface area (Å²) in [4.78, 5) is 2.64. The second-order valence-corrected chi connectivity index (χ2v) is 17.8. The highest BCUT2D eigenvalue weighted by Gasteiger charge is 2.50. The van der Waals surface area contributed by atoms with E-state index in [1.54, 1.807) is 0 Å². The fourth-order valence-corrected chi connectivity index (χ4v) is 10.2. The van der Waals surface area contributed by atoms with Gasteiger partial charge in [-0.3, -0.25) is 0 Å². The molecule has 1 heteroatoms. The number of anilines is 3. The molecular weight excluding hydrogens is 663 g/mol. The molecule has 1 nitrogen and oxygen atoms in total. The van der Waals surface area contributed by atoms with Gasteiger partial charge in [-0.2, -0.15) is 0 Å². The standard InChI is InChI=1S/C54H47N/c1-52(2,3)48-46-41-22-12-14-24-43(41)53(4,5)49(46)51(50-47(48)42-23-13-15-25-44(42)54(50,6)7)55(45-26-16-20-36-18-10-11-21-40(36)45)39-31-29-35(30-32-39)38-28-27-34-17-8-9-19-37(34)33-38/h8-33H,1-7H3. The van der Waals surface area contributed by atoms with E-state index in [-0.39, 0.29) is 16.2 Å². The van der Waals surface area contributed by atoms with Crippen molar-refractivity contribution >= 4 is 38.6 Å². The van der Waals surface area contributed by atoms with Gasteiger partial charge in [-0.1, -0.05) is 182 Å². The lowest BCUT2D eigenvalue weighted by atomic mass is 9.70. The summed E-state index contributed by atoms with van der Waals surface area (Å²) in [6, 6.07) is 58.9. The average Bonchev–Trinajstić information content (AvgIpc) is 3.57. The third kappa shape index (κ3) is 4.85. The van der Waals surface area contributed by atoms with E-state index in [9.17, 15) is 0 Å². The van der Waals surface area contributed by atoms with E-state index in [1.165, 1.54) is 94.1 Å². The summed E-state index contributed by atoms with van der Waals surface area (Å²) in [6.07, 6.45) is 0. The molecule has 0 radical (unpaired) electrons. The predicted molar refractivity (Wildman–Crippen MR) is 235 cm³/mol. The number of hydrogen-bond donors (Lipinski definition) is 0. The zero-order chi connectivity index (χ0) is 37.9. The molecule has 0 bridgehead atoms. The van der Waals surface area contributed by atoms with Gasteiger partial charge >= 0.3 is 0 Å². The summed E-state index contributed by atoms with van der Waals surface area (Å²) < 4.78 is 0. The van der Waals surface area contributed by atoms with Crippen LogP contribution in [0, 0.1) is 0 Å². The minimum atomic E-state index is -0.255. The van der Waals surface area contributed by atoms with E-state index >= 15 is 0 Å². The average molecular weight is 710 g/mol. The number of fused-ring (bicyclic) bond motifs is 8. The van der Waals surface area contributed by atoms with Crippen molar-refractivity contribution in [1.29, 1.82) is 0 Å². The van der Waals surface area contributed by atoms with Gasteiger partial charge in [-0.25, -0.2) is 0 Å². The Morgan fingerprint density at radius 3 is 1.58 bits per heavy atom. The van der Waals surface area contributed by atoms with E-state index in [4.69, 9.17) is 0 Å². The molecular formula is C54H47N. The minimum absolute atomic E-state index is 0.112. The van der Waals surface area contributed by atoms with Crippen molar-refractivity contribution in [2.45, 2.75) is 64.7 Å². The van der Waals surface area contributed by atoms with E-state index in [0.717, 1.165) is 5.69 Å². The first-order valence-corrected chi connectivity index (χ1v) is 19.8.